The molecule has 3 amide bonds. The van der Waals surface area contributed by atoms with Crippen LogP contribution in [0.4, 0.5) is 0 Å². The lowest BCUT2D eigenvalue weighted by Gasteiger charge is -2.13. The molecule has 140 valence electrons. The molecule has 1 atom stereocenters. The van der Waals surface area contributed by atoms with E-state index in [-0.39, 0.29) is 0 Å². The number of hydrogen-bond acceptors (Lipinski definition) is 3. The van der Waals surface area contributed by atoms with Crippen molar-refractivity contribution < 1.29 is 14.4 Å². The summed E-state index contributed by atoms with van der Waals surface area (Å²) in [4.78, 5) is 35.9. The van der Waals surface area contributed by atoms with Crippen molar-refractivity contribution in [3.63, 3.8) is 0 Å². The van der Waals surface area contributed by atoms with Crippen LogP contribution in [0.25, 0.3) is 6.08 Å². The molecule has 3 N–H and O–H groups in total. The molecule has 0 aliphatic carbocycles. The van der Waals surface area contributed by atoms with Gasteiger partial charge in [0, 0.05) is 11.6 Å². The maximum absolute atomic E-state index is 12.0. The molecule has 2 rings (SSSR count). The summed E-state index contributed by atoms with van der Waals surface area (Å²) < 4.78 is 0. The SMILES string of the molecule is CCc1ccc(C(=O)NNC(=O)[C@H](C)NC(=O)/C=C/c2ccccc2)cc1. The number of carbonyl (C=O) groups excluding carboxylic acids is 3. The maximum atomic E-state index is 12.0. The molecule has 0 aliphatic heterocycles. The molecule has 0 bridgehead atoms. The number of aryl methyl sites for hydroxylation is 1. The summed E-state index contributed by atoms with van der Waals surface area (Å²) in [6, 6.07) is 15.7. The third-order valence-corrected chi connectivity index (χ3v) is 3.90. The second kappa shape index (κ2) is 9.91. The first-order valence-corrected chi connectivity index (χ1v) is 8.72. The summed E-state index contributed by atoms with van der Waals surface area (Å²) in [6.07, 6.45) is 3.89. The van der Waals surface area contributed by atoms with E-state index in [9.17, 15) is 14.4 Å². The highest BCUT2D eigenvalue weighted by atomic mass is 16.2. The Morgan fingerprint density at radius 1 is 0.963 bits per heavy atom. The van der Waals surface area contributed by atoms with Crippen molar-refractivity contribution in [3.8, 4) is 0 Å². The van der Waals surface area contributed by atoms with Gasteiger partial charge in [0.15, 0.2) is 0 Å². The lowest BCUT2D eigenvalue weighted by atomic mass is 10.1. The molecule has 0 saturated heterocycles. The van der Waals surface area contributed by atoms with E-state index in [1.807, 2.05) is 49.4 Å². The van der Waals surface area contributed by atoms with Crippen molar-refractivity contribution >= 4 is 23.8 Å². The second-order valence-corrected chi connectivity index (χ2v) is 5.97. The Bertz CT molecular complexity index is 814. The molecule has 2 aromatic carbocycles. The third-order valence-electron chi connectivity index (χ3n) is 3.90. The highest BCUT2D eigenvalue weighted by molar-refractivity contribution is 5.97. The minimum atomic E-state index is -0.805. The van der Waals surface area contributed by atoms with Crippen molar-refractivity contribution in [2.75, 3.05) is 0 Å². The molecule has 6 nitrogen and oxygen atoms in total. The van der Waals surface area contributed by atoms with E-state index in [4.69, 9.17) is 0 Å². The minimum Gasteiger partial charge on any atom is -0.341 e. The number of hydrogen-bond donors (Lipinski definition) is 3. The minimum absolute atomic E-state index is 0.400. The Labute approximate surface area is 158 Å². The van der Waals surface area contributed by atoms with E-state index in [1.54, 1.807) is 18.2 Å². The van der Waals surface area contributed by atoms with Gasteiger partial charge in [0.2, 0.25) is 5.91 Å². The fraction of sp³-hybridized carbons (Fsp3) is 0.190. The molecular weight excluding hydrogens is 342 g/mol. The highest BCUT2D eigenvalue weighted by Gasteiger charge is 2.15. The molecule has 0 radical (unpaired) electrons. The van der Waals surface area contributed by atoms with Crippen molar-refractivity contribution in [1.29, 1.82) is 0 Å². The van der Waals surface area contributed by atoms with Gasteiger partial charge >= 0.3 is 0 Å². The maximum Gasteiger partial charge on any atom is 0.269 e. The number of rotatable bonds is 6. The molecule has 0 aromatic heterocycles. The Morgan fingerprint density at radius 3 is 2.26 bits per heavy atom. The monoisotopic (exact) mass is 365 g/mol. The van der Waals surface area contributed by atoms with Gasteiger partial charge in [-0.3, -0.25) is 25.2 Å². The molecule has 0 unspecified atom stereocenters. The van der Waals surface area contributed by atoms with Gasteiger partial charge in [-0.1, -0.05) is 49.4 Å². The number of nitrogens with one attached hydrogen (secondary N) is 3. The lowest BCUT2D eigenvalue weighted by molar-refractivity contribution is -0.127. The van der Waals surface area contributed by atoms with Crippen LogP contribution in [-0.2, 0) is 16.0 Å². The zero-order valence-electron chi connectivity index (χ0n) is 15.4. The zero-order chi connectivity index (χ0) is 19.6. The number of benzene rings is 2. The Balaban J connectivity index is 1.79. The zero-order valence-corrected chi connectivity index (χ0v) is 15.4. The normalized spacial score (nSPS) is 11.6. The van der Waals surface area contributed by atoms with Crippen molar-refractivity contribution in [3.05, 3.63) is 77.4 Å². The molecule has 6 heteroatoms. The van der Waals surface area contributed by atoms with Crippen LogP contribution in [0.1, 0.15) is 35.3 Å². The van der Waals surface area contributed by atoms with Crippen molar-refractivity contribution in [1.82, 2.24) is 16.2 Å². The number of amides is 3. The van der Waals surface area contributed by atoms with Gasteiger partial charge in [0.1, 0.15) is 6.04 Å². The van der Waals surface area contributed by atoms with E-state index < -0.39 is 23.8 Å². The van der Waals surface area contributed by atoms with Gasteiger partial charge < -0.3 is 5.32 Å². The largest absolute Gasteiger partial charge is 0.341 e. The predicted octanol–water partition coefficient (Wildman–Crippen LogP) is 2.23. The third kappa shape index (κ3) is 6.43. The summed E-state index contributed by atoms with van der Waals surface area (Å²) in [5.41, 5.74) is 7.09. The molecule has 0 heterocycles. The van der Waals surface area contributed by atoms with E-state index in [0.29, 0.717) is 5.56 Å². The van der Waals surface area contributed by atoms with Crippen LogP contribution in [-0.4, -0.2) is 23.8 Å². The van der Waals surface area contributed by atoms with Gasteiger partial charge in [-0.15, -0.1) is 0 Å². The molecule has 0 spiro atoms. The average molecular weight is 365 g/mol. The lowest BCUT2D eigenvalue weighted by Crippen LogP contribution is -2.50. The van der Waals surface area contributed by atoms with Gasteiger partial charge in [0.05, 0.1) is 0 Å². The summed E-state index contributed by atoms with van der Waals surface area (Å²) in [5, 5.41) is 2.54. The molecule has 0 saturated carbocycles. The summed E-state index contributed by atoms with van der Waals surface area (Å²) in [5.74, 6) is -1.34. The quantitative estimate of drug-likeness (QED) is 0.542. The van der Waals surface area contributed by atoms with Crippen molar-refractivity contribution in [2.45, 2.75) is 26.3 Å². The van der Waals surface area contributed by atoms with Crippen LogP contribution in [0.15, 0.2) is 60.7 Å². The van der Waals surface area contributed by atoms with Gasteiger partial charge in [-0.05, 0) is 42.7 Å². The van der Waals surface area contributed by atoms with Gasteiger partial charge in [-0.25, -0.2) is 0 Å². The van der Waals surface area contributed by atoms with Crippen LogP contribution in [0, 0.1) is 0 Å². The Kier molecular flexibility index (Phi) is 7.31. The Morgan fingerprint density at radius 2 is 1.63 bits per heavy atom. The van der Waals surface area contributed by atoms with Crippen LogP contribution >= 0.6 is 0 Å². The fourth-order valence-corrected chi connectivity index (χ4v) is 2.25. The molecule has 0 aliphatic rings. The number of hydrazine groups is 1. The Hall–Kier alpha value is -3.41. The smallest absolute Gasteiger partial charge is 0.269 e. The predicted molar refractivity (Wildman–Crippen MR) is 105 cm³/mol. The standard InChI is InChI=1S/C21H23N3O3/c1-3-16-9-12-18(13-10-16)21(27)24-23-20(26)15(2)22-19(25)14-11-17-7-5-4-6-8-17/h4-15H,3H2,1-2H3,(H,22,25)(H,23,26)(H,24,27)/b14-11+/t15-/m0/s1. The van der Waals surface area contributed by atoms with E-state index in [2.05, 4.69) is 16.2 Å². The van der Waals surface area contributed by atoms with E-state index >= 15 is 0 Å². The van der Waals surface area contributed by atoms with Crippen LogP contribution in [0.3, 0.4) is 0 Å². The first-order valence-electron chi connectivity index (χ1n) is 8.72. The van der Waals surface area contributed by atoms with Crippen LogP contribution < -0.4 is 16.2 Å². The van der Waals surface area contributed by atoms with Gasteiger partial charge in [0.25, 0.3) is 11.8 Å². The van der Waals surface area contributed by atoms with Crippen molar-refractivity contribution in [2.24, 2.45) is 0 Å². The van der Waals surface area contributed by atoms with E-state index in [1.165, 1.54) is 13.0 Å². The fourth-order valence-electron chi connectivity index (χ4n) is 2.25. The topological polar surface area (TPSA) is 87.3 Å². The molecular formula is C21H23N3O3. The second-order valence-electron chi connectivity index (χ2n) is 5.97. The molecule has 27 heavy (non-hydrogen) atoms. The van der Waals surface area contributed by atoms with Crippen LogP contribution in [0.5, 0.6) is 0 Å². The van der Waals surface area contributed by atoms with Crippen LogP contribution in [0.2, 0.25) is 0 Å². The first kappa shape index (κ1) is 19.9. The number of carbonyl (C=O) groups is 3. The molecule has 0 fully saturated rings. The summed E-state index contributed by atoms with van der Waals surface area (Å²) in [7, 11) is 0. The average Bonchev–Trinajstić information content (AvgIpc) is 2.71. The van der Waals surface area contributed by atoms with Gasteiger partial charge in [-0.2, -0.15) is 0 Å². The summed E-state index contributed by atoms with van der Waals surface area (Å²) in [6.45, 7) is 3.56. The highest BCUT2D eigenvalue weighted by Crippen LogP contribution is 2.04. The van der Waals surface area contributed by atoms with E-state index in [0.717, 1.165) is 17.5 Å². The summed E-state index contributed by atoms with van der Waals surface area (Å²) >= 11 is 0. The molecule has 2 aromatic rings. The first-order chi connectivity index (χ1) is 13.0.